The number of benzene rings is 1. The van der Waals surface area contributed by atoms with E-state index in [2.05, 4.69) is 10.3 Å². The van der Waals surface area contributed by atoms with Crippen molar-refractivity contribution in [2.24, 2.45) is 0 Å². The van der Waals surface area contributed by atoms with E-state index in [1.807, 2.05) is 0 Å². The zero-order valence-electron chi connectivity index (χ0n) is 9.52. The summed E-state index contributed by atoms with van der Waals surface area (Å²) in [7, 11) is 3.34. The van der Waals surface area contributed by atoms with Crippen LogP contribution in [0.1, 0.15) is 10.4 Å². The second-order valence-electron chi connectivity index (χ2n) is 3.49. The largest absolute Gasteiger partial charge is 0.493 e. The van der Waals surface area contributed by atoms with Gasteiger partial charge in [-0.3, -0.25) is 4.98 Å². The number of ether oxygens (including phenoxy) is 1. The van der Waals surface area contributed by atoms with Gasteiger partial charge in [-0.2, -0.15) is 0 Å². The first-order valence-electron chi connectivity index (χ1n) is 5.05. The number of aromatic carboxylic acids is 1. The molecule has 1 aromatic heterocycles. The van der Waals surface area contributed by atoms with Gasteiger partial charge >= 0.3 is 5.97 Å². The Hall–Kier alpha value is -2.30. The number of nitrogens with one attached hydrogen (secondary N) is 1. The summed E-state index contributed by atoms with van der Waals surface area (Å²) in [6.07, 6.45) is 1.57. The summed E-state index contributed by atoms with van der Waals surface area (Å²) in [5.74, 6) is -0.335. The number of carbonyl (C=O) groups is 1. The van der Waals surface area contributed by atoms with Crippen molar-refractivity contribution in [1.82, 2.24) is 4.98 Å². The van der Waals surface area contributed by atoms with E-state index in [0.29, 0.717) is 11.3 Å². The van der Waals surface area contributed by atoms with E-state index in [1.165, 1.54) is 6.07 Å². The summed E-state index contributed by atoms with van der Waals surface area (Å²) in [6.45, 7) is 0. The number of aromatic nitrogens is 1. The Morgan fingerprint density at radius 3 is 2.82 bits per heavy atom. The van der Waals surface area contributed by atoms with Gasteiger partial charge in [-0.15, -0.1) is 0 Å². The van der Waals surface area contributed by atoms with Gasteiger partial charge in [0, 0.05) is 12.4 Å². The molecule has 0 aliphatic heterocycles. The third-order valence-electron chi connectivity index (χ3n) is 2.55. The first kappa shape index (κ1) is 11.2. The number of fused-ring (bicyclic) bond motifs is 1. The fourth-order valence-electron chi connectivity index (χ4n) is 1.72. The van der Waals surface area contributed by atoms with Gasteiger partial charge in [0.1, 0.15) is 0 Å². The summed E-state index contributed by atoms with van der Waals surface area (Å²) in [5.41, 5.74) is 1.64. The molecule has 0 radical (unpaired) electrons. The van der Waals surface area contributed by atoms with Crippen molar-refractivity contribution in [2.75, 3.05) is 19.5 Å². The van der Waals surface area contributed by atoms with Gasteiger partial charge in [-0.1, -0.05) is 0 Å². The predicted octanol–water partition coefficient (Wildman–Crippen LogP) is 1.98. The van der Waals surface area contributed by atoms with Gasteiger partial charge in [0.05, 0.1) is 30.1 Å². The Morgan fingerprint density at radius 1 is 1.47 bits per heavy atom. The lowest BCUT2D eigenvalue weighted by Gasteiger charge is -2.10. The number of methoxy groups -OCH3 is 1. The maximum atomic E-state index is 10.9. The van der Waals surface area contributed by atoms with E-state index in [4.69, 9.17) is 9.84 Å². The minimum atomic E-state index is -0.962. The molecule has 1 aromatic carbocycles. The molecule has 2 rings (SSSR count). The highest BCUT2D eigenvalue weighted by Gasteiger charge is 2.10. The second kappa shape index (κ2) is 4.29. The van der Waals surface area contributed by atoms with Crippen LogP contribution in [-0.4, -0.2) is 30.2 Å². The van der Waals surface area contributed by atoms with Gasteiger partial charge < -0.3 is 15.2 Å². The highest BCUT2D eigenvalue weighted by atomic mass is 16.5. The third-order valence-corrected chi connectivity index (χ3v) is 2.55. The Bertz CT molecular complexity index is 581. The Labute approximate surface area is 98.0 Å². The zero-order chi connectivity index (χ0) is 12.4. The number of anilines is 1. The molecule has 0 atom stereocenters. The zero-order valence-corrected chi connectivity index (χ0v) is 9.52. The van der Waals surface area contributed by atoms with E-state index < -0.39 is 5.97 Å². The molecule has 0 spiro atoms. The monoisotopic (exact) mass is 232 g/mol. The molecule has 5 nitrogen and oxygen atoms in total. The lowest BCUT2D eigenvalue weighted by atomic mass is 10.1. The lowest BCUT2D eigenvalue weighted by Crippen LogP contribution is -1.99. The maximum absolute atomic E-state index is 10.9. The molecule has 0 fully saturated rings. The molecular weight excluding hydrogens is 220 g/mol. The number of rotatable bonds is 3. The quantitative estimate of drug-likeness (QED) is 0.846. The van der Waals surface area contributed by atoms with Crippen LogP contribution >= 0.6 is 0 Å². The smallest absolute Gasteiger partial charge is 0.335 e. The first-order chi connectivity index (χ1) is 8.17. The van der Waals surface area contributed by atoms with E-state index in [9.17, 15) is 4.79 Å². The topological polar surface area (TPSA) is 71.5 Å². The van der Waals surface area contributed by atoms with E-state index in [1.54, 1.807) is 32.5 Å². The molecule has 0 amide bonds. The molecule has 1 heterocycles. The highest BCUT2D eigenvalue weighted by Crippen LogP contribution is 2.31. The van der Waals surface area contributed by atoms with Crippen LogP contribution in [0.2, 0.25) is 0 Å². The summed E-state index contributed by atoms with van der Waals surface area (Å²) in [4.78, 5) is 15.0. The lowest BCUT2D eigenvalue weighted by molar-refractivity contribution is 0.0697. The highest BCUT2D eigenvalue weighted by molar-refractivity contribution is 5.99. The molecule has 2 aromatic rings. The summed E-state index contributed by atoms with van der Waals surface area (Å²) >= 11 is 0. The minimum Gasteiger partial charge on any atom is -0.493 e. The molecule has 5 heteroatoms. The second-order valence-corrected chi connectivity index (χ2v) is 3.49. The summed E-state index contributed by atoms with van der Waals surface area (Å²) in [5, 5.41) is 12.8. The molecule has 2 N–H and O–H groups in total. The predicted molar refractivity (Wildman–Crippen MR) is 64.8 cm³/mol. The molecular formula is C12H12N2O3. The third kappa shape index (κ3) is 1.87. The van der Waals surface area contributed by atoms with Crippen LogP contribution in [0, 0.1) is 0 Å². The van der Waals surface area contributed by atoms with Crippen LogP contribution in [0.25, 0.3) is 10.9 Å². The fraction of sp³-hybridized carbons (Fsp3) is 0.167. The Morgan fingerprint density at radius 2 is 2.24 bits per heavy atom. The molecule has 0 bridgehead atoms. The van der Waals surface area contributed by atoms with Gasteiger partial charge in [-0.05, 0) is 18.2 Å². The maximum Gasteiger partial charge on any atom is 0.335 e. The van der Waals surface area contributed by atoms with E-state index in [-0.39, 0.29) is 5.56 Å². The van der Waals surface area contributed by atoms with Crippen molar-refractivity contribution in [2.45, 2.75) is 0 Å². The van der Waals surface area contributed by atoms with Gasteiger partial charge in [0.15, 0.2) is 5.75 Å². The van der Waals surface area contributed by atoms with Crippen LogP contribution in [0.15, 0.2) is 24.4 Å². The van der Waals surface area contributed by atoms with Crippen LogP contribution in [-0.2, 0) is 0 Å². The van der Waals surface area contributed by atoms with Crippen molar-refractivity contribution < 1.29 is 14.6 Å². The molecule has 0 unspecified atom stereocenters. The number of nitrogens with zero attached hydrogens (tertiary/aromatic N) is 1. The minimum absolute atomic E-state index is 0.220. The summed E-state index contributed by atoms with van der Waals surface area (Å²) in [6, 6.07) is 4.81. The van der Waals surface area contributed by atoms with Crippen LogP contribution < -0.4 is 10.1 Å². The number of carboxylic acids is 1. The van der Waals surface area contributed by atoms with Gasteiger partial charge in [-0.25, -0.2) is 4.79 Å². The number of hydrogen-bond acceptors (Lipinski definition) is 4. The van der Waals surface area contributed by atoms with Crippen molar-refractivity contribution in [3.05, 3.63) is 30.0 Å². The average molecular weight is 232 g/mol. The van der Waals surface area contributed by atoms with Crippen molar-refractivity contribution in [3.8, 4) is 5.75 Å². The average Bonchev–Trinajstić information content (AvgIpc) is 2.36. The van der Waals surface area contributed by atoms with E-state index in [0.717, 1.165) is 11.1 Å². The molecule has 0 saturated carbocycles. The standard InChI is InChI=1S/C12H12N2O3/c1-13-11-8-4-3-7(12(15)16)5-9(8)14-6-10(11)17-2/h3-6H,1-2H3,(H,13,14)(H,15,16). The molecule has 0 aliphatic rings. The number of pyridine rings is 1. The van der Waals surface area contributed by atoms with Crippen LogP contribution in [0.5, 0.6) is 5.75 Å². The SMILES string of the molecule is CNc1c(OC)cnc2cc(C(=O)O)ccc12. The van der Waals surface area contributed by atoms with Crippen molar-refractivity contribution in [3.63, 3.8) is 0 Å². The molecule has 0 saturated heterocycles. The first-order valence-corrected chi connectivity index (χ1v) is 5.05. The van der Waals surface area contributed by atoms with Gasteiger partial charge in [0.25, 0.3) is 0 Å². The Kier molecular flexibility index (Phi) is 2.82. The molecule has 17 heavy (non-hydrogen) atoms. The molecule has 88 valence electrons. The van der Waals surface area contributed by atoms with Crippen LogP contribution in [0.3, 0.4) is 0 Å². The normalized spacial score (nSPS) is 10.2. The van der Waals surface area contributed by atoms with E-state index >= 15 is 0 Å². The van der Waals surface area contributed by atoms with Crippen molar-refractivity contribution in [1.29, 1.82) is 0 Å². The van der Waals surface area contributed by atoms with Crippen molar-refractivity contribution >= 4 is 22.6 Å². The Balaban J connectivity index is 2.70. The number of hydrogen-bond donors (Lipinski definition) is 2. The molecule has 0 aliphatic carbocycles. The summed E-state index contributed by atoms with van der Waals surface area (Å²) < 4.78 is 5.18. The van der Waals surface area contributed by atoms with Crippen LogP contribution in [0.4, 0.5) is 5.69 Å². The number of carboxylic acid groups (broad SMARTS) is 1. The fourth-order valence-corrected chi connectivity index (χ4v) is 1.72. The van der Waals surface area contributed by atoms with Gasteiger partial charge in [0.2, 0.25) is 0 Å².